The summed E-state index contributed by atoms with van der Waals surface area (Å²) in [5.74, 6) is 1.94. The molecule has 0 radical (unpaired) electrons. The Labute approximate surface area is 108 Å². The van der Waals surface area contributed by atoms with Crippen molar-refractivity contribution >= 4 is 11.8 Å². The molecule has 1 aliphatic carbocycles. The molecule has 17 heavy (non-hydrogen) atoms. The number of nitrogens with one attached hydrogen (secondary N) is 1. The van der Waals surface area contributed by atoms with Gasteiger partial charge in [-0.1, -0.05) is 19.1 Å². The minimum absolute atomic E-state index is 0.465. The molecule has 0 spiro atoms. The Hall–Kier alpha value is -0.510. The molecule has 0 bridgehead atoms. The lowest BCUT2D eigenvalue weighted by Crippen LogP contribution is -2.41. The van der Waals surface area contributed by atoms with Gasteiger partial charge in [0.05, 0.1) is 0 Å². The van der Waals surface area contributed by atoms with E-state index in [9.17, 15) is 0 Å². The molecule has 3 heteroatoms. The van der Waals surface area contributed by atoms with E-state index in [4.69, 9.17) is 5.73 Å². The van der Waals surface area contributed by atoms with Crippen LogP contribution in [0.1, 0.15) is 25.3 Å². The molecule has 1 aromatic rings. The first-order valence-electron chi connectivity index (χ1n) is 6.46. The summed E-state index contributed by atoms with van der Waals surface area (Å²) in [6.45, 7) is 4.27. The molecule has 94 valence electrons. The van der Waals surface area contributed by atoms with Crippen molar-refractivity contribution in [1.82, 2.24) is 5.32 Å². The average Bonchev–Trinajstić information content (AvgIpc) is 2.29. The summed E-state index contributed by atoms with van der Waals surface area (Å²) >= 11 is 1.89. The van der Waals surface area contributed by atoms with Gasteiger partial charge in [0.1, 0.15) is 0 Å². The highest BCUT2D eigenvalue weighted by atomic mass is 32.2. The van der Waals surface area contributed by atoms with Crippen LogP contribution in [0.3, 0.4) is 0 Å². The van der Waals surface area contributed by atoms with E-state index < -0.39 is 0 Å². The van der Waals surface area contributed by atoms with Gasteiger partial charge < -0.3 is 11.1 Å². The first-order chi connectivity index (χ1) is 8.28. The van der Waals surface area contributed by atoms with Gasteiger partial charge in [-0.25, -0.2) is 0 Å². The van der Waals surface area contributed by atoms with E-state index in [-0.39, 0.29) is 0 Å². The maximum atomic E-state index is 5.77. The molecular formula is C14H22N2S. The highest BCUT2D eigenvalue weighted by molar-refractivity contribution is 7.99. The van der Waals surface area contributed by atoms with Crippen molar-refractivity contribution in [3.8, 4) is 0 Å². The highest BCUT2D eigenvalue weighted by Crippen LogP contribution is 2.24. The monoisotopic (exact) mass is 250 g/mol. The van der Waals surface area contributed by atoms with Crippen molar-refractivity contribution < 1.29 is 0 Å². The first-order valence-corrected chi connectivity index (χ1v) is 7.44. The van der Waals surface area contributed by atoms with Gasteiger partial charge in [0.25, 0.3) is 0 Å². The van der Waals surface area contributed by atoms with Gasteiger partial charge in [-0.15, -0.1) is 11.8 Å². The Morgan fingerprint density at radius 1 is 1.29 bits per heavy atom. The fourth-order valence-corrected chi connectivity index (χ4v) is 2.91. The van der Waals surface area contributed by atoms with Gasteiger partial charge in [-0.05, 0) is 48.8 Å². The molecule has 0 heterocycles. The number of rotatable bonds is 6. The van der Waals surface area contributed by atoms with Crippen LogP contribution >= 0.6 is 11.8 Å². The lowest BCUT2D eigenvalue weighted by molar-refractivity contribution is 0.256. The van der Waals surface area contributed by atoms with Crippen molar-refractivity contribution in [3.05, 3.63) is 29.8 Å². The van der Waals surface area contributed by atoms with Crippen LogP contribution in [-0.4, -0.2) is 18.3 Å². The molecular weight excluding hydrogens is 228 g/mol. The van der Waals surface area contributed by atoms with Crippen molar-refractivity contribution in [2.75, 3.05) is 12.3 Å². The third kappa shape index (κ3) is 4.02. The largest absolute Gasteiger partial charge is 0.328 e. The van der Waals surface area contributed by atoms with Crippen molar-refractivity contribution in [2.45, 2.75) is 37.2 Å². The van der Waals surface area contributed by atoms with Crippen LogP contribution in [0.25, 0.3) is 0 Å². The lowest BCUT2D eigenvalue weighted by Gasteiger charge is -2.32. The zero-order chi connectivity index (χ0) is 12.1. The summed E-state index contributed by atoms with van der Waals surface area (Å²) in [5.41, 5.74) is 7.14. The molecule has 1 saturated carbocycles. The number of benzene rings is 1. The van der Waals surface area contributed by atoms with Crippen LogP contribution in [0.5, 0.6) is 0 Å². The molecule has 0 amide bonds. The molecule has 0 unspecified atom stereocenters. The van der Waals surface area contributed by atoms with Gasteiger partial charge in [0.15, 0.2) is 0 Å². The SMILES string of the molecule is CCSc1ccc(CNCC2CC(N)C2)cc1. The van der Waals surface area contributed by atoms with E-state index in [0.29, 0.717) is 6.04 Å². The minimum Gasteiger partial charge on any atom is -0.328 e. The number of hydrogen-bond acceptors (Lipinski definition) is 3. The zero-order valence-electron chi connectivity index (χ0n) is 10.5. The molecule has 1 aliphatic rings. The van der Waals surface area contributed by atoms with Crippen molar-refractivity contribution in [3.63, 3.8) is 0 Å². The Balaban J connectivity index is 1.68. The van der Waals surface area contributed by atoms with Gasteiger partial charge in [0.2, 0.25) is 0 Å². The molecule has 2 rings (SSSR count). The van der Waals surface area contributed by atoms with E-state index in [1.807, 2.05) is 11.8 Å². The number of hydrogen-bond donors (Lipinski definition) is 2. The Kier molecular flexibility index (Phi) is 4.89. The highest BCUT2D eigenvalue weighted by Gasteiger charge is 2.24. The fourth-order valence-electron chi connectivity index (χ4n) is 2.24. The Morgan fingerprint density at radius 3 is 2.59 bits per heavy atom. The summed E-state index contributed by atoms with van der Waals surface area (Å²) in [5, 5.41) is 3.51. The maximum Gasteiger partial charge on any atom is 0.0205 e. The van der Waals surface area contributed by atoms with Gasteiger partial charge in [-0.3, -0.25) is 0 Å². The molecule has 0 aromatic heterocycles. The minimum atomic E-state index is 0.465. The van der Waals surface area contributed by atoms with Crippen molar-refractivity contribution in [1.29, 1.82) is 0 Å². The molecule has 1 fully saturated rings. The molecule has 2 nitrogen and oxygen atoms in total. The van der Waals surface area contributed by atoms with Crippen LogP contribution in [0, 0.1) is 5.92 Å². The summed E-state index contributed by atoms with van der Waals surface area (Å²) in [7, 11) is 0. The third-order valence-electron chi connectivity index (χ3n) is 3.27. The predicted molar refractivity (Wildman–Crippen MR) is 75.2 cm³/mol. The van der Waals surface area contributed by atoms with E-state index >= 15 is 0 Å². The van der Waals surface area contributed by atoms with Crippen molar-refractivity contribution in [2.24, 2.45) is 11.7 Å². The zero-order valence-corrected chi connectivity index (χ0v) is 11.3. The van der Waals surface area contributed by atoms with Gasteiger partial charge in [-0.2, -0.15) is 0 Å². The van der Waals surface area contributed by atoms with Gasteiger partial charge in [0, 0.05) is 17.5 Å². The second-order valence-corrected chi connectivity index (χ2v) is 6.14. The Morgan fingerprint density at radius 2 is 2.00 bits per heavy atom. The van der Waals surface area contributed by atoms with Crippen LogP contribution in [0.4, 0.5) is 0 Å². The molecule has 0 atom stereocenters. The molecule has 1 aromatic carbocycles. The summed E-state index contributed by atoms with van der Waals surface area (Å²) in [4.78, 5) is 1.36. The topological polar surface area (TPSA) is 38.0 Å². The van der Waals surface area contributed by atoms with Crippen LogP contribution in [0.15, 0.2) is 29.2 Å². The second-order valence-electron chi connectivity index (χ2n) is 4.81. The van der Waals surface area contributed by atoms with E-state index in [0.717, 1.165) is 24.8 Å². The summed E-state index contributed by atoms with van der Waals surface area (Å²) in [6.07, 6.45) is 2.39. The maximum absolute atomic E-state index is 5.77. The van der Waals surface area contributed by atoms with Gasteiger partial charge >= 0.3 is 0 Å². The number of nitrogens with two attached hydrogens (primary N) is 1. The van der Waals surface area contributed by atoms with E-state index in [1.54, 1.807) is 0 Å². The van der Waals surface area contributed by atoms with Crippen LogP contribution < -0.4 is 11.1 Å². The summed E-state index contributed by atoms with van der Waals surface area (Å²) < 4.78 is 0. The predicted octanol–water partition coefficient (Wildman–Crippen LogP) is 2.63. The molecule has 0 saturated heterocycles. The third-order valence-corrected chi connectivity index (χ3v) is 4.16. The van der Waals surface area contributed by atoms with Crippen LogP contribution in [0.2, 0.25) is 0 Å². The summed E-state index contributed by atoms with van der Waals surface area (Å²) in [6, 6.07) is 9.33. The first kappa shape index (κ1) is 12.9. The normalized spacial score (nSPS) is 23.4. The number of thioether (sulfide) groups is 1. The average molecular weight is 250 g/mol. The van der Waals surface area contributed by atoms with E-state index in [1.165, 1.54) is 23.3 Å². The van der Waals surface area contributed by atoms with E-state index in [2.05, 4.69) is 36.5 Å². The molecule has 3 N–H and O–H groups in total. The standard InChI is InChI=1S/C14H22N2S/c1-2-17-14-5-3-11(4-6-14)9-16-10-12-7-13(15)8-12/h3-6,12-13,16H,2,7-10,15H2,1H3. The lowest BCUT2D eigenvalue weighted by atomic mass is 9.81. The molecule has 0 aliphatic heterocycles. The fraction of sp³-hybridized carbons (Fsp3) is 0.571. The smallest absolute Gasteiger partial charge is 0.0205 e. The van der Waals surface area contributed by atoms with Crippen LogP contribution in [-0.2, 0) is 6.54 Å². The second kappa shape index (κ2) is 6.43. The quantitative estimate of drug-likeness (QED) is 0.762. The Bertz CT molecular complexity index is 331.